The highest BCUT2D eigenvalue weighted by atomic mass is 15.4. The molecule has 0 atom stereocenters. The molecule has 0 saturated carbocycles. The zero-order chi connectivity index (χ0) is 10.7. The van der Waals surface area contributed by atoms with E-state index < -0.39 is 0 Å². The minimum Gasteiger partial charge on any atom is -0.320 e. The molecule has 1 aliphatic heterocycles. The van der Waals surface area contributed by atoms with Gasteiger partial charge in [-0.15, -0.1) is 0 Å². The van der Waals surface area contributed by atoms with Crippen molar-refractivity contribution >= 4 is 0 Å². The van der Waals surface area contributed by atoms with Gasteiger partial charge in [-0.25, -0.2) is 0 Å². The third-order valence-corrected chi connectivity index (χ3v) is 3.79. The zero-order valence-electron chi connectivity index (χ0n) is 10.1. The molecular weight excluding hydrogens is 184 g/mol. The molecule has 15 heavy (non-hydrogen) atoms. The van der Waals surface area contributed by atoms with E-state index >= 15 is 0 Å². The Balaban J connectivity index is 2.00. The molecule has 1 fully saturated rings. The second-order valence-corrected chi connectivity index (χ2v) is 5.24. The van der Waals surface area contributed by atoms with Crippen LogP contribution in [0.1, 0.15) is 19.8 Å². The third-order valence-electron chi connectivity index (χ3n) is 3.79. The van der Waals surface area contributed by atoms with Crippen LogP contribution in [0.5, 0.6) is 0 Å². The molecular formula is C13H23N2+. The number of piperazine rings is 1. The van der Waals surface area contributed by atoms with Crippen molar-refractivity contribution in [3.8, 4) is 0 Å². The van der Waals surface area contributed by atoms with E-state index in [1.165, 1.54) is 50.0 Å². The number of nitrogens with zero attached hydrogens (tertiary/aromatic N) is 1. The molecule has 0 aromatic carbocycles. The molecule has 0 aromatic rings. The van der Waals surface area contributed by atoms with Gasteiger partial charge in [-0.2, -0.15) is 0 Å². The summed E-state index contributed by atoms with van der Waals surface area (Å²) in [5.41, 5.74) is 3.29. The van der Waals surface area contributed by atoms with E-state index in [-0.39, 0.29) is 0 Å². The Hall–Kier alpha value is -0.600. The van der Waals surface area contributed by atoms with Gasteiger partial charge in [-0.05, 0) is 25.3 Å². The van der Waals surface area contributed by atoms with Gasteiger partial charge in [0.2, 0.25) is 0 Å². The second kappa shape index (κ2) is 4.50. The van der Waals surface area contributed by atoms with Crippen LogP contribution in [-0.2, 0) is 0 Å². The number of likely N-dealkylation sites (N-methyl/N-ethyl adjacent to an activating group) is 1. The van der Waals surface area contributed by atoms with Gasteiger partial charge in [0.15, 0.2) is 0 Å². The molecule has 1 heterocycles. The largest absolute Gasteiger partial charge is 0.320 e. The first-order valence-electron chi connectivity index (χ1n) is 6.06. The summed E-state index contributed by atoms with van der Waals surface area (Å²) in [5, 5.41) is 3.44. The molecule has 2 aliphatic rings. The van der Waals surface area contributed by atoms with Crippen LogP contribution in [0.15, 0.2) is 23.3 Å². The van der Waals surface area contributed by atoms with Crippen molar-refractivity contribution in [3.63, 3.8) is 0 Å². The van der Waals surface area contributed by atoms with Crippen molar-refractivity contribution in [1.29, 1.82) is 0 Å². The Bertz CT molecular complexity index is 283. The summed E-state index contributed by atoms with van der Waals surface area (Å²) in [6.07, 6.45) is 6.99. The fraction of sp³-hybridized carbons (Fsp3) is 0.692. The Labute approximate surface area is 93.2 Å². The van der Waals surface area contributed by atoms with E-state index in [9.17, 15) is 0 Å². The van der Waals surface area contributed by atoms with E-state index in [4.69, 9.17) is 0 Å². The summed E-state index contributed by atoms with van der Waals surface area (Å²) in [6.45, 7) is 8.48. The molecule has 2 rings (SSSR count). The Morgan fingerprint density at radius 1 is 1.20 bits per heavy atom. The number of allylic oxidation sites excluding steroid dienone is 3. The van der Waals surface area contributed by atoms with Crippen LogP contribution in [0.4, 0.5) is 0 Å². The smallest absolute Gasteiger partial charge is 0.101 e. The van der Waals surface area contributed by atoms with Crippen LogP contribution in [0.2, 0.25) is 0 Å². The SMILES string of the molecule is CC1=C(C[N+]2(C)CCNCC2)CC=CC1. The summed E-state index contributed by atoms with van der Waals surface area (Å²) in [4.78, 5) is 0. The lowest BCUT2D eigenvalue weighted by molar-refractivity contribution is -0.906. The van der Waals surface area contributed by atoms with Crippen LogP contribution >= 0.6 is 0 Å². The quantitative estimate of drug-likeness (QED) is 0.537. The van der Waals surface area contributed by atoms with Gasteiger partial charge in [-0.3, -0.25) is 0 Å². The van der Waals surface area contributed by atoms with E-state index in [0.717, 1.165) is 0 Å². The molecule has 84 valence electrons. The van der Waals surface area contributed by atoms with Crippen molar-refractivity contribution in [3.05, 3.63) is 23.3 Å². The van der Waals surface area contributed by atoms with Gasteiger partial charge in [0.1, 0.15) is 6.54 Å². The fourth-order valence-electron chi connectivity index (χ4n) is 2.56. The molecule has 2 heteroatoms. The molecule has 2 nitrogen and oxygen atoms in total. The maximum absolute atomic E-state index is 3.44. The van der Waals surface area contributed by atoms with Gasteiger partial charge >= 0.3 is 0 Å². The maximum atomic E-state index is 3.44. The van der Waals surface area contributed by atoms with Gasteiger partial charge in [0, 0.05) is 13.1 Å². The van der Waals surface area contributed by atoms with E-state index in [2.05, 4.69) is 31.4 Å². The number of hydrogen-bond acceptors (Lipinski definition) is 1. The Morgan fingerprint density at radius 2 is 1.87 bits per heavy atom. The molecule has 0 aromatic heterocycles. The summed E-state index contributed by atoms with van der Waals surface area (Å²) < 4.78 is 1.23. The monoisotopic (exact) mass is 207 g/mol. The maximum Gasteiger partial charge on any atom is 0.101 e. The lowest BCUT2D eigenvalue weighted by Gasteiger charge is -2.39. The zero-order valence-corrected chi connectivity index (χ0v) is 10.1. The minimum atomic E-state index is 1.17. The molecule has 0 radical (unpaired) electrons. The first-order valence-corrected chi connectivity index (χ1v) is 6.06. The standard InChI is InChI=1S/C13H23N2/c1-12-5-3-4-6-13(12)11-15(2)9-7-14-8-10-15/h3-4,14H,5-11H2,1-2H3/q+1. The van der Waals surface area contributed by atoms with Crippen LogP contribution in [0, 0.1) is 0 Å². The highest BCUT2D eigenvalue weighted by molar-refractivity contribution is 5.22. The predicted molar refractivity (Wildman–Crippen MR) is 64.7 cm³/mol. The molecule has 1 aliphatic carbocycles. The molecule has 1 N–H and O–H groups in total. The molecule has 0 amide bonds. The normalized spacial score (nSPS) is 25.7. The second-order valence-electron chi connectivity index (χ2n) is 5.24. The molecule has 1 saturated heterocycles. The number of quaternary nitrogens is 1. The van der Waals surface area contributed by atoms with Crippen LogP contribution in [0.25, 0.3) is 0 Å². The average Bonchev–Trinajstić information content (AvgIpc) is 2.22. The van der Waals surface area contributed by atoms with Gasteiger partial charge in [-0.1, -0.05) is 17.7 Å². The average molecular weight is 207 g/mol. The van der Waals surface area contributed by atoms with Crippen molar-refractivity contribution < 1.29 is 4.48 Å². The molecule has 0 unspecified atom stereocenters. The van der Waals surface area contributed by atoms with Crippen molar-refractivity contribution in [1.82, 2.24) is 5.32 Å². The topological polar surface area (TPSA) is 12.0 Å². The first kappa shape index (κ1) is 10.9. The third kappa shape index (κ3) is 2.70. The number of rotatable bonds is 2. The van der Waals surface area contributed by atoms with Crippen LogP contribution in [-0.4, -0.2) is 44.3 Å². The van der Waals surface area contributed by atoms with Crippen LogP contribution in [0.3, 0.4) is 0 Å². The van der Waals surface area contributed by atoms with Crippen molar-refractivity contribution in [2.24, 2.45) is 0 Å². The summed E-state index contributed by atoms with van der Waals surface area (Å²) >= 11 is 0. The summed E-state index contributed by atoms with van der Waals surface area (Å²) in [5.74, 6) is 0. The summed E-state index contributed by atoms with van der Waals surface area (Å²) in [7, 11) is 2.40. The Morgan fingerprint density at radius 3 is 2.53 bits per heavy atom. The van der Waals surface area contributed by atoms with Crippen LogP contribution < -0.4 is 5.32 Å². The predicted octanol–water partition coefficient (Wildman–Crippen LogP) is 1.70. The van der Waals surface area contributed by atoms with Gasteiger partial charge in [0.25, 0.3) is 0 Å². The minimum absolute atomic E-state index is 1.17. The van der Waals surface area contributed by atoms with Crippen molar-refractivity contribution in [2.45, 2.75) is 19.8 Å². The number of hydrogen-bond donors (Lipinski definition) is 1. The van der Waals surface area contributed by atoms with Gasteiger partial charge < -0.3 is 9.80 Å². The highest BCUT2D eigenvalue weighted by Gasteiger charge is 2.26. The van der Waals surface area contributed by atoms with Crippen molar-refractivity contribution in [2.75, 3.05) is 39.8 Å². The highest BCUT2D eigenvalue weighted by Crippen LogP contribution is 2.22. The Kier molecular flexibility index (Phi) is 3.27. The first-order chi connectivity index (χ1) is 7.20. The number of nitrogens with one attached hydrogen (secondary N) is 1. The molecule has 0 spiro atoms. The summed E-state index contributed by atoms with van der Waals surface area (Å²) in [6, 6.07) is 0. The van der Waals surface area contributed by atoms with E-state index in [1.807, 2.05) is 0 Å². The van der Waals surface area contributed by atoms with E-state index in [1.54, 1.807) is 11.1 Å². The van der Waals surface area contributed by atoms with Gasteiger partial charge in [0.05, 0.1) is 20.1 Å². The lowest BCUT2D eigenvalue weighted by Crippen LogP contribution is -2.56. The van der Waals surface area contributed by atoms with E-state index in [0.29, 0.717) is 0 Å². The molecule has 0 bridgehead atoms. The lowest BCUT2D eigenvalue weighted by atomic mass is 9.97. The fourth-order valence-corrected chi connectivity index (χ4v) is 2.56.